The molecule has 1 saturated heterocycles. The van der Waals surface area contributed by atoms with Gasteiger partial charge in [-0.1, -0.05) is 32.1 Å². The van der Waals surface area contributed by atoms with E-state index in [9.17, 15) is 9.90 Å². The molecule has 0 bridgehead atoms. The molecule has 1 aliphatic heterocycles. The summed E-state index contributed by atoms with van der Waals surface area (Å²) in [5.41, 5.74) is 0. The van der Waals surface area contributed by atoms with Gasteiger partial charge >= 0.3 is 6.09 Å². The third-order valence-electron chi connectivity index (χ3n) is 5.24. The van der Waals surface area contributed by atoms with Crippen LogP contribution in [0.1, 0.15) is 68.8 Å². The third kappa shape index (κ3) is 5.27. The Labute approximate surface area is 180 Å². The fraction of sp³-hybridized carbons (Fsp3) is 0.684. The van der Waals surface area contributed by atoms with Gasteiger partial charge in [-0.3, -0.25) is 4.90 Å². The van der Waals surface area contributed by atoms with Crippen LogP contribution in [-0.2, 0) is 37.4 Å². The Balaban J connectivity index is 0.00000225. The zero-order valence-electron chi connectivity index (χ0n) is 14.9. The summed E-state index contributed by atoms with van der Waals surface area (Å²) in [6.45, 7) is 4.34. The van der Waals surface area contributed by atoms with Gasteiger partial charge in [0.1, 0.15) is 11.6 Å². The Morgan fingerprint density at radius 1 is 1.28 bits per heavy atom. The SMILES string of the molecule is [CH2-]CCCCC[C@H]1COC(=O)N1c1ccc(C(O)C2CCCC2)s1.[Y]. The monoisotopic (exact) mass is 439 g/mol. The molecule has 2 aliphatic rings. The number of hydrogen-bond acceptors (Lipinski definition) is 4. The van der Waals surface area contributed by atoms with Crippen LogP contribution in [0.25, 0.3) is 0 Å². The summed E-state index contributed by atoms with van der Waals surface area (Å²) in [5, 5.41) is 11.5. The van der Waals surface area contributed by atoms with Crippen molar-refractivity contribution in [1.82, 2.24) is 0 Å². The minimum Gasteiger partial charge on any atom is -0.447 e. The summed E-state index contributed by atoms with van der Waals surface area (Å²) in [6, 6.07) is 4.07. The van der Waals surface area contributed by atoms with Crippen LogP contribution in [0.3, 0.4) is 0 Å². The molecule has 1 N–H and O–H groups in total. The minimum atomic E-state index is -0.389. The molecule has 1 amide bonds. The van der Waals surface area contributed by atoms with Crippen LogP contribution in [0.15, 0.2) is 12.1 Å². The number of thiophene rings is 1. The molecule has 2 fully saturated rings. The van der Waals surface area contributed by atoms with Crippen molar-refractivity contribution in [3.05, 3.63) is 23.9 Å². The van der Waals surface area contributed by atoms with Crippen molar-refractivity contribution in [3.8, 4) is 0 Å². The molecule has 1 saturated carbocycles. The Morgan fingerprint density at radius 3 is 2.76 bits per heavy atom. The van der Waals surface area contributed by atoms with Gasteiger partial charge in [0.2, 0.25) is 0 Å². The maximum Gasteiger partial charge on any atom is 0.415 e. The molecule has 1 unspecified atom stereocenters. The maximum atomic E-state index is 12.1. The first-order chi connectivity index (χ1) is 11.7. The largest absolute Gasteiger partial charge is 0.447 e. The van der Waals surface area contributed by atoms with Gasteiger partial charge < -0.3 is 16.8 Å². The normalized spacial score (nSPS) is 22.1. The molecule has 6 heteroatoms. The summed E-state index contributed by atoms with van der Waals surface area (Å²) in [4.78, 5) is 14.9. The molecule has 4 nitrogen and oxygen atoms in total. The smallest absolute Gasteiger partial charge is 0.415 e. The van der Waals surface area contributed by atoms with E-state index in [1.54, 1.807) is 16.2 Å². The van der Waals surface area contributed by atoms with Crippen molar-refractivity contribution in [2.75, 3.05) is 11.5 Å². The average molecular weight is 439 g/mol. The first kappa shape index (κ1) is 21.3. The standard InChI is InChI=1S/C19H28NO3S.Y/c1-2-3-4-5-10-15-13-23-19(22)20(15)17-12-11-16(24-17)18(21)14-8-6-7-9-14;/h11-12,14-15,18,21H,1-10,13H2;/q-1;/t15-,18?;/m0./s1. The van der Waals surface area contributed by atoms with Crippen LogP contribution in [0.4, 0.5) is 9.80 Å². The zero-order chi connectivity index (χ0) is 16.9. The maximum absolute atomic E-state index is 12.1. The van der Waals surface area contributed by atoms with Crippen LogP contribution < -0.4 is 4.90 Å². The van der Waals surface area contributed by atoms with E-state index in [0.29, 0.717) is 12.5 Å². The van der Waals surface area contributed by atoms with E-state index in [2.05, 4.69) is 6.92 Å². The Bertz CT molecular complexity index is 545. The molecule has 2 heterocycles. The topological polar surface area (TPSA) is 49.8 Å². The van der Waals surface area contributed by atoms with E-state index >= 15 is 0 Å². The quantitative estimate of drug-likeness (QED) is 0.454. The summed E-state index contributed by atoms with van der Waals surface area (Å²) in [6.07, 6.45) is 9.32. The van der Waals surface area contributed by atoms with Crippen molar-refractivity contribution in [1.29, 1.82) is 0 Å². The minimum absolute atomic E-state index is 0. The number of unbranched alkanes of at least 4 members (excludes halogenated alkanes) is 3. The molecule has 1 aromatic heterocycles. The Morgan fingerprint density at radius 2 is 2.04 bits per heavy atom. The molecule has 0 spiro atoms. The van der Waals surface area contributed by atoms with E-state index < -0.39 is 0 Å². The fourth-order valence-corrected chi connectivity index (χ4v) is 4.96. The van der Waals surface area contributed by atoms with Gasteiger partial charge in [-0.2, -0.15) is 6.42 Å². The Hall–Kier alpha value is 0.0339. The van der Waals surface area contributed by atoms with E-state index in [4.69, 9.17) is 4.74 Å². The van der Waals surface area contributed by atoms with E-state index in [1.807, 2.05) is 12.1 Å². The number of cyclic esters (lactones) is 1. The number of anilines is 1. The summed E-state index contributed by atoms with van der Waals surface area (Å²) in [7, 11) is 0. The second kappa shape index (κ2) is 10.4. The van der Waals surface area contributed by atoms with Crippen LogP contribution in [0.2, 0.25) is 0 Å². The Kier molecular flexibility index (Phi) is 8.87. The molecule has 0 aromatic carbocycles. The molecule has 1 radical (unpaired) electrons. The molecular formula is C19H28NO3SY-. The second-order valence-corrected chi connectivity index (χ2v) is 8.06. The fourth-order valence-electron chi connectivity index (χ4n) is 3.81. The number of nitrogens with zero attached hydrogens (tertiary/aromatic N) is 1. The van der Waals surface area contributed by atoms with Crippen molar-refractivity contribution in [3.63, 3.8) is 0 Å². The van der Waals surface area contributed by atoms with Crippen LogP contribution in [0, 0.1) is 12.8 Å². The molecule has 1 aromatic rings. The number of aliphatic hydroxyl groups is 1. The van der Waals surface area contributed by atoms with Crippen LogP contribution >= 0.6 is 11.3 Å². The molecule has 25 heavy (non-hydrogen) atoms. The summed E-state index contributed by atoms with van der Waals surface area (Å²) >= 11 is 1.54. The van der Waals surface area contributed by atoms with E-state index in [1.165, 1.54) is 12.8 Å². The van der Waals surface area contributed by atoms with Gasteiger partial charge in [-0.15, -0.1) is 11.3 Å². The average Bonchev–Trinajstić information content (AvgIpc) is 3.31. The molecule has 1 aliphatic carbocycles. The first-order valence-electron chi connectivity index (χ1n) is 9.23. The van der Waals surface area contributed by atoms with Gasteiger partial charge in [0.05, 0.1) is 12.1 Å². The first-order valence-corrected chi connectivity index (χ1v) is 10.1. The van der Waals surface area contributed by atoms with Crippen molar-refractivity contribution < 1.29 is 47.3 Å². The predicted octanol–water partition coefficient (Wildman–Crippen LogP) is 5.08. The van der Waals surface area contributed by atoms with Gasteiger partial charge in [0, 0.05) is 37.6 Å². The van der Waals surface area contributed by atoms with Gasteiger partial charge in [-0.05, 0) is 37.3 Å². The van der Waals surface area contributed by atoms with Crippen molar-refractivity contribution >= 4 is 22.4 Å². The summed E-state index contributed by atoms with van der Waals surface area (Å²) in [5.74, 6) is 0.375. The van der Waals surface area contributed by atoms with E-state index in [0.717, 1.165) is 54.8 Å². The van der Waals surface area contributed by atoms with E-state index in [-0.39, 0.29) is 50.9 Å². The molecule has 3 rings (SSSR count). The number of amides is 1. The second-order valence-electron chi connectivity index (χ2n) is 6.97. The predicted molar refractivity (Wildman–Crippen MR) is 97.3 cm³/mol. The summed E-state index contributed by atoms with van der Waals surface area (Å²) < 4.78 is 5.28. The molecule has 2 atom stereocenters. The number of hydrogen-bond donors (Lipinski definition) is 1. The zero-order valence-corrected chi connectivity index (χ0v) is 18.5. The number of aliphatic hydroxyl groups excluding tert-OH is 1. The number of carbonyl (C=O) groups excluding carboxylic acids is 1. The molecule has 137 valence electrons. The van der Waals surface area contributed by atoms with Crippen molar-refractivity contribution in [2.45, 2.75) is 69.9 Å². The third-order valence-corrected chi connectivity index (χ3v) is 6.39. The van der Waals surface area contributed by atoms with Crippen LogP contribution in [-0.4, -0.2) is 23.8 Å². The van der Waals surface area contributed by atoms with Crippen LogP contribution in [0.5, 0.6) is 0 Å². The van der Waals surface area contributed by atoms with Crippen molar-refractivity contribution in [2.24, 2.45) is 5.92 Å². The number of carbonyl (C=O) groups is 1. The van der Waals surface area contributed by atoms with Gasteiger partial charge in [-0.25, -0.2) is 4.79 Å². The van der Waals surface area contributed by atoms with Gasteiger partial charge in [0.25, 0.3) is 0 Å². The molecular weight excluding hydrogens is 411 g/mol. The number of ether oxygens (including phenoxy) is 1. The number of rotatable bonds is 8. The van der Waals surface area contributed by atoms with Gasteiger partial charge in [0.15, 0.2) is 0 Å².